The first kappa shape index (κ1) is 24.8. The molecule has 3 saturated heterocycles. The summed E-state index contributed by atoms with van der Waals surface area (Å²) in [5.41, 5.74) is 3.64. The van der Waals surface area contributed by atoms with Gasteiger partial charge in [0.15, 0.2) is 0 Å². The van der Waals surface area contributed by atoms with Crippen LogP contribution in [0, 0.1) is 31.6 Å². The lowest BCUT2D eigenvalue weighted by Crippen LogP contribution is -2.55. The Hall–Kier alpha value is -2.84. The predicted octanol–water partition coefficient (Wildman–Crippen LogP) is 2.89. The number of benzene rings is 2. The summed E-state index contributed by atoms with van der Waals surface area (Å²) in [4.78, 5) is 42.7. The van der Waals surface area contributed by atoms with Gasteiger partial charge in [-0.15, -0.1) is 11.8 Å². The monoisotopic (exact) mass is 507 g/mol. The van der Waals surface area contributed by atoms with Crippen molar-refractivity contribution in [3.05, 3.63) is 65.2 Å². The minimum atomic E-state index is -0.752. The quantitative estimate of drug-likeness (QED) is 0.535. The fourth-order valence-electron chi connectivity index (χ4n) is 6.57. The highest BCUT2D eigenvalue weighted by Gasteiger charge is 2.75. The van der Waals surface area contributed by atoms with Crippen LogP contribution in [0.1, 0.15) is 30.0 Å². The third-order valence-electron chi connectivity index (χ3n) is 8.18. The molecule has 7 nitrogen and oxygen atoms in total. The van der Waals surface area contributed by atoms with E-state index in [0.29, 0.717) is 6.54 Å². The summed E-state index contributed by atoms with van der Waals surface area (Å²) in [6.07, 6.45) is 0.776. The largest absolute Gasteiger partial charge is 0.395 e. The summed E-state index contributed by atoms with van der Waals surface area (Å²) in [7, 11) is 0. The summed E-state index contributed by atoms with van der Waals surface area (Å²) in [6, 6.07) is 14.8. The summed E-state index contributed by atoms with van der Waals surface area (Å²) in [5.74, 6) is -1.59. The van der Waals surface area contributed by atoms with E-state index in [9.17, 15) is 19.5 Å². The highest BCUT2D eigenvalue weighted by atomic mass is 32.2. The van der Waals surface area contributed by atoms with Crippen LogP contribution in [0.25, 0.3) is 0 Å². The maximum absolute atomic E-state index is 13.9. The number of carbonyl (C=O) groups is 3. The number of anilines is 1. The molecule has 8 heteroatoms. The molecular formula is C28H33N3O4S. The lowest BCUT2D eigenvalue weighted by Gasteiger charge is -2.38. The van der Waals surface area contributed by atoms with Gasteiger partial charge in [0.2, 0.25) is 17.7 Å². The van der Waals surface area contributed by atoms with Gasteiger partial charge in [0.1, 0.15) is 6.04 Å². The maximum atomic E-state index is 13.9. The Morgan fingerprint density at radius 3 is 2.44 bits per heavy atom. The molecule has 6 atom stereocenters. The van der Waals surface area contributed by atoms with Gasteiger partial charge in [-0.05, 0) is 42.9 Å². The van der Waals surface area contributed by atoms with Gasteiger partial charge >= 0.3 is 0 Å². The van der Waals surface area contributed by atoms with Gasteiger partial charge < -0.3 is 20.6 Å². The number of likely N-dealkylation sites (tertiary alicyclic amines) is 1. The molecule has 0 aromatic heterocycles. The van der Waals surface area contributed by atoms with E-state index in [1.807, 2.05) is 62.4 Å². The van der Waals surface area contributed by atoms with Crippen LogP contribution >= 0.6 is 11.8 Å². The maximum Gasteiger partial charge on any atom is 0.248 e. The highest BCUT2D eigenvalue weighted by Crippen LogP contribution is 2.68. The first-order valence-electron chi connectivity index (χ1n) is 12.6. The standard InChI is InChI=1S/C28H33N3O4S/c1-16-8-7-9-17(2)23(16)30-26(34)24-28-18(3)14-20(36-28)21(22(28)27(35)31(24)12-13-32)25(33)29-15-19-10-5-4-6-11-19/h4-11,18,20-22,24,32H,12-15H2,1-3H3,(H,29,33)(H,30,34)/t18?,20-,21+,22+,24?,28?/m1/s1. The van der Waals surface area contributed by atoms with Crippen molar-refractivity contribution in [2.75, 3.05) is 18.5 Å². The van der Waals surface area contributed by atoms with E-state index >= 15 is 0 Å². The van der Waals surface area contributed by atoms with Crippen LogP contribution in [0.2, 0.25) is 0 Å². The van der Waals surface area contributed by atoms with E-state index in [4.69, 9.17) is 0 Å². The number of para-hydroxylation sites is 1. The second-order valence-corrected chi connectivity index (χ2v) is 11.8. The van der Waals surface area contributed by atoms with E-state index in [1.54, 1.807) is 11.8 Å². The van der Waals surface area contributed by atoms with Gasteiger partial charge in [-0.3, -0.25) is 14.4 Å². The average molecular weight is 508 g/mol. The fourth-order valence-corrected chi connectivity index (χ4v) is 9.00. The van der Waals surface area contributed by atoms with Gasteiger partial charge in [0.05, 0.1) is 23.2 Å². The van der Waals surface area contributed by atoms with Gasteiger partial charge in [-0.25, -0.2) is 0 Å². The van der Waals surface area contributed by atoms with Crippen LogP contribution in [0.5, 0.6) is 0 Å². The molecule has 36 heavy (non-hydrogen) atoms. The third-order valence-corrected chi connectivity index (χ3v) is 10.3. The normalized spacial score (nSPS) is 30.4. The number of nitrogens with one attached hydrogen (secondary N) is 2. The first-order valence-corrected chi connectivity index (χ1v) is 13.5. The van der Waals surface area contributed by atoms with Crippen LogP contribution in [0.4, 0.5) is 5.69 Å². The molecular weight excluding hydrogens is 474 g/mol. The van der Waals surface area contributed by atoms with Crippen molar-refractivity contribution in [1.29, 1.82) is 0 Å². The van der Waals surface area contributed by atoms with Gasteiger partial charge in [0, 0.05) is 24.0 Å². The second kappa shape index (κ2) is 9.56. The number of β-amino-alcohol motifs (C(OH)–C–C–N with tert-alkyl or cyclic N) is 1. The van der Waals surface area contributed by atoms with E-state index in [2.05, 4.69) is 17.6 Å². The fraction of sp³-hybridized carbons (Fsp3) is 0.464. The number of amides is 3. The van der Waals surface area contributed by atoms with Gasteiger partial charge in [-0.2, -0.15) is 0 Å². The van der Waals surface area contributed by atoms with Crippen molar-refractivity contribution in [1.82, 2.24) is 10.2 Å². The van der Waals surface area contributed by atoms with Crippen LogP contribution in [0.15, 0.2) is 48.5 Å². The zero-order chi connectivity index (χ0) is 25.6. The van der Waals surface area contributed by atoms with Crippen LogP contribution in [-0.4, -0.2) is 56.9 Å². The third kappa shape index (κ3) is 3.82. The predicted molar refractivity (Wildman–Crippen MR) is 140 cm³/mol. The molecule has 190 valence electrons. The first-order chi connectivity index (χ1) is 17.3. The average Bonchev–Trinajstić information content (AvgIpc) is 3.45. The molecule has 3 aliphatic heterocycles. The molecule has 0 saturated carbocycles. The van der Waals surface area contributed by atoms with Crippen molar-refractivity contribution in [3.63, 3.8) is 0 Å². The number of fused-ring (bicyclic) bond motifs is 1. The smallest absolute Gasteiger partial charge is 0.248 e. The van der Waals surface area contributed by atoms with E-state index < -0.39 is 22.6 Å². The summed E-state index contributed by atoms with van der Waals surface area (Å²) < 4.78 is -0.702. The molecule has 2 aromatic rings. The Bertz CT molecular complexity index is 1170. The van der Waals surface area contributed by atoms with Crippen LogP contribution < -0.4 is 10.6 Å². The zero-order valence-corrected chi connectivity index (χ0v) is 21.7. The van der Waals surface area contributed by atoms with Crippen molar-refractivity contribution in [2.45, 2.75) is 49.8 Å². The lowest BCUT2D eigenvalue weighted by atomic mass is 9.66. The molecule has 2 aromatic carbocycles. The van der Waals surface area contributed by atoms with Crippen LogP contribution in [0.3, 0.4) is 0 Å². The Labute approximate surface area is 216 Å². The lowest BCUT2D eigenvalue weighted by molar-refractivity contribution is -0.140. The summed E-state index contributed by atoms with van der Waals surface area (Å²) in [6.45, 7) is 6.20. The van der Waals surface area contributed by atoms with Crippen molar-refractivity contribution in [2.24, 2.45) is 17.8 Å². The number of hydrogen-bond acceptors (Lipinski definition) is 5. The number of aryl methyl sites for hydroxylation is 2. The van der Waals surface area contributed by atoms with Crippen molar-refractivity contribution < 1.29 is 19.5 Å². The molecule has 3 unspecified atom stereocenters. The summed E-state index contributed by atoms with van der Waals surface area (Å²) >= 11 is 1.64. The number of thioether (sulfide) groups is 1. The number of carbonyl (C=O) groups excluding carboxylic acids is 3. The molecule has 2 bridgehead atoms. The molecule has 3 heterocycles. The minimum Gasteiger partial charge on any atom is -0.395 e. The number of aliphatic hydroxyl groups is 1. The molecule has 3 N–H and O–H groups in total. The molecule has 3 aliphatic rings. The molecule has 0 radical (unpaired) electrons. The van der Waals surface area contributed by atoms with E-state index in [1.165, 1.54) is 4.90 Å². The van der Waals surface area contributed by atoms with Crippen molar-refractivity contribution in [3.8, 4) is 0 Å². The van der Waals surface area contributed by atoms with Crippen LogP contribution in [-0.2, 0) is 20.9 Å². The molecule has 5 rings (SSSR count). The highest BCUT2D eigenvalue weighted by molar-refractivity contribution is 8.02. The molecule has 3 amide bonds. The Morgan fingerprint density at radius 2 is 1.78 bits per heavy atom. The van der Waals surface area contributed by atoms with E-state index in [-0.39, 0.29) is 42.0 Å². The van der Waals surface area contributed by atoms with E-state index in [0.717, 1.165) is 28.8 Å². The zero-order valence-electron chi connectivity index (χ0n) is 20.9. The topological polar surface area (TPSA) is 98.7 Å². The number of rotatable bonds is 7. The number of nitrogens with zero attached hydrogens (tertiary/aromatic N) is 1. The van der Waals surface area contributed by atoms with Gasteiger partial charge in [-0.1, -0.05) is 55.5 Å². The number of aliphatic hydroxyl groups excluding tert-OH is 1. The molecule has 0 aliphatic carbocycles. The Kier molecular flexibility index (Phi) is 6.59. The number of hydrogen-bond donors (Lipinski definition) is 3. The van der Waals surface area contributed by atoms with Gasteiger partial charge in [0.25, 0.3) is 0 Å². The van der Waals surface area contributed by atoms with Crippen molar-refractivity contribution >= 4 is 35.2 Å². The molecule has 1 spiro atoms. The summed E-state index contributed by atoms with van der Waals surface area (Å²) in [5, 5.41) is 15.9. The SMILES string of the molecule is Cc1cccc(C)c1NC(=O)C1N(CCO)C(=O)[C@@H]2[C@@H](C(=O)NCc3ccccc3)[C@H]3CC(C)C12S3. The Balaban J connectivity index is 1.46. The minimum absolute atomic E-state index is 0.0171. The molecule has 3 fully saturated rings. The Morgan fingerprint density at radius 1 is 1.08 bits per heavy atom. The second-order valence-electron chi connectivity index (χ2n) is 10.3.